The number of fused-ring (bicyclic) bond motifs is 1. The number of hydrogen-bond donors (Lipinski definition) is 1. The Morgan fingerprint density at radius 2 is 1.82 bits per heavy atom. The van der Waals surface area contributed by atoms with E-state index in [0.29, 0.717) is 11.9 Å². The van der Waals surface area contributed by atoms with Crippen molar-refractivity contribution in [3.05, 3.63) is 59.8 Å². The minimum atomic E-state index is -0.193. The van der Waals surface area contributed by atoms with E-state index in [0.717, 1.165) is 12.8 Å². The third-order valence-corrected chi connectivity index (χ3v) is 4.51. The van der Waals surface area contributed by atoms with E-state index >= 15 is 0 Å². The van der Waals surface area contributed by atoms with Crippen molar-refractivity contribution in [3.8, 4) is 0 Å². The van der Waals surface area contributed by atoms with E-state index in [1.807, 2.05) is 26.1 Å². The molecule has 1 aliphatic carbocycles. The second kappa shape index (κ2) is 6.28. The lowest BCUT2D eigenvalue weighted by Gasteiger charge is -2.29. The first kappa shape index (κ1) is 14.7. The van der Waals surface area contributed by atoms with Gasteiger partial charge in [-0.1, -0.05) is 30.3 Å². The number of aromatic nitrogens is 1. The number of carbonyl (C=O) groups excluding carboxylic acids is 1. The van der Waals surface area contributed by atoms with Gasteiger partial charge in [0.15, 0.2) is 0 Å². The van der Waals surface area contributed by atoms with Crippen LogP contribution in [0.2, 0.25) is 0 Å². The number of benzene rings is 1. The summed E-state index contributed by atoms with van der Waals surface area (Å²) in [5.74, 6) is 0.583. The molecule has 114 valence electrons. The molecule has 1 atom stereocenters. The van der Waals surface area contributed by atoms with E-state index in [1.165, 1.54) is 11.1 Å². The third-order valence-electron chi connectivity index (χ3n) is 4.51. The summed E-state index contributed by atoms with van der Waals surface area (Å²) in [4.78, 5) is 18.7. The zero-order chi connectivity index (χ0) is 15.5. The van der Waals surface area contributed by atoms with Gasteiger partial charge in [-0.2, -0.15) is 0 Å². The molecule has 22 heavy (non-hydrogen) atoms. The molecule has 1 heterocycles. The highest BCUT2D eigenvalue weighted by Gasteiger charge is 2.29. The van der Waals surface area contributed by atoms with E-state index in [9.17, 15) is 4.79 Å². The zero-order valence-electron chi connectivity index (χ0n) is 13.0. The van der Waals surface area contributed by atoms with Crippen molar-refractivity contribution in [2.24, 2.45) is 0 Å². The van der Waals surface area contributed by atoms with Crippen LogP contribution >= 0.6 is 0 Å². The lowest BCUT2D eigenvalue weighted by Crippen LogP contribution is -2.45. The fourth-order valence-corrected chi connectivity index (χ4v) is 2.99. The number of nitrogens with zero attached hydrogens (tertiary/aromatic N) is 2. The first-order valence-corrected chi connectivity index (χ1v) is 7.66. The minimum Gasteiger partial charge on any atom is -0.309 e. The molecule has 1 aliphatic rings. The van der Waals surface area contributed by atoms with Gasteiger partial charge in [0, 0.05) is 12.2 Å². The maximum atomic E-state index is 12.4. The van der Waals surface area contributed by atoms with Crippen molar-refractivity contribution < 1.29 is 4.79 Å². The van der Waals surface area contributed by atoms with Crippen molar-refractivity contribution >= 4 is 11.7 Å². The Balaban J connectivity index is 1.63. The van der Waals surface area contributed by atoms with Crippen molar-refractivity contribution in [1.82, 2.24) is 9.88 Å². The molecule has 4 heteroatoms. The zero-order valence-corrected chi connectivity index (χ0v) is 13.0. The molecule has 0 aliphatic heterocycles. The van der Waals surface area contributed by atoms with Crippen LogP contribution in [0.1, 0.15) is 18.1 Å². The minimum absolute atomic E-state index is 0.0165. The summed E-state index contributed by atoms with van der Waals surface area (Å²) in [5, 5.41) is 2.88. The van der Waals surface area contributed by atoms with E-state index in [2.05, 4.69) is 39.5 Å². The predicted molar refractivity (Wildman–Crippen MR) is 87.7 cm³/mol. The topological polar surface area (TPSA) is 45.2 Å². The highest BCUT2D eigenvalue weighted by Crippen LogP contribution is 2.25. The van der Waals surface area contributed by atoms with Crippen molar-refractivity contribution in [2.75, 3.05) is 12.4 Å². The molecule has 1 aromatic heterocycles. The van der Waals surface area contributed by atoms with Gasteiger partial charge in [0.05, 0.1) is 6.04 Å². The van der Waals surface area contributed by atoms with Crippen LogP contribution in [0.15, 0.2) is 48.7 Å². The van der Waals surface area contributed by atoms with Crippen LogP contribution in [-0.4, -0.2) is 34.9 Å². The van der Waals surface area contributed by atoms with Gasteiger partial charge in [0.2, 0.25) is 5.91 Å². The van der Waals surface area contributed by atoms with Gasteiger partial charge in [-0.25, -0.2) is 4.98 Å². The largest absolute Gasteiger partial charge is 0.309 e. The molecule has 0 radical (unpaired) electrons. The van der Waals surface area contributed by atoms with E-state index in [-0.39, 0.29) is 11.9 Å². The Labute approximate surface area is 131 Å². The predicted octanol–water partition coefficient (Wildman–Crippen LogP) is 2.51. The van der Waals surface area contributed by atoms with Gasteiger partial charge in [-0.05, 0) is 50.1 Å². The lowest BCUT2D eigenvalue weighted by atomic mass is 10.1. The SMILES string of the molecule is CC(C(=O)Nc1ccccn1)N(C)C1Cc2ccccc2C1. The summed E-state index contributed by atoms with van der Waals surface area (Å²) in [5.41, 5.74) is 2.80. The standard InChI is InChI=1S/C18H21N3O/c1-13(18(22)20-17-9-5-6-10-19-17)21(2)16-11-14-7-3-4-8-15(14)12-16/h3-10,13,16H,11-12H2,1-2H3,(H,19,20,22). The monoisotopic (exact) mass is 295 g/mol. The molecule has 1 aromatic carbocycles. The first-order valence-electron chi connectivity index (χ1n) is 7.66. The molecule has 1 amide bonds. The average molecular weight is 295 g/mol. The number of carbonyl (C=O) groups is 1. The van der Waals surface area contributed by atoms with Crippen LogP contribution in [0.5, 0.6) is 0 Å². The number of pyridine rings is 1. The highest BCUT2D eigenvalue weighted by molar-refractivity contribution is 5.93. The quantitative estimate of drug-likeness (QED) is 0.942. The summed E-state index contributed by atoms with van der Waals surface area (Å²) in [6, 6.07) is 14.2. The van der Waals surface area contributed by atoms with Crippen LogP contribution < -0.4 is 5.32 Å². The molecular weight excluding hydrogens is 274 g/mol. The third kappa shape index (κ3) is 3.02. The van der Waals surface area contributed by atoms with Gasteiger partial charge < -0.3 is 5.32 Å². The first-order chi connectivity index (χ1) is 10.6. The Kier molecular flexibility index (Phi) is 4.20. The number of hydrogen-bond acceptors (Lipinski definition) is 3. The Bertz CT molecular complexity index is 631. The van der Waals surface area contributed by atoms with Crippen LogP contribution in [0, 0.1) is 0 Å². The van der Waals surface area contributed by atoms with Gasteiger partial charge in [0.1, 0.15) is 5.82 Å². The van der Waals surface area contributed by atoms with Gasteiger partial charge in [-0.3, -0.25) is 9.69 Å². The second-order valence-corrected chi connectivity index (χ2v) is 5.88. The number of anilines is 1. The van der Waals surface area contributed by atoms with Gasteiger partial charge in [0.25, 0.3) is 0 Å². The summed E-state index contributed by atoms with van der Waals surface area (Å²) >= 11 is 0. The maximum Gasteiger partial charge on any atom is 0.242 e. The van der Waals surface area contributed by atoms with Gasteiger partial charge in [-0.15, -0.1) is 0 Å². The fraction of sp³-hybridized carbons (Fsp3) is 0.333. The number of rotatable bonds is 4. The summed E-state index contributed by atoms with van der Waals surface area (Å²) < 4.78 is 0. The Hall–Kier alpha value is -2.20. The summed E-state index contributed by atoms with van der Waals surface area (Å²) in [6.07, 6.45) is 3.69. The summed E-state index contributed by atoms with van der Waals surface area (Å²) in [6.45, 7) is 1.95. The smallest absolute Gasteiger partial charge is 0.242 e. The molecule has 1 unspecified atom stereocenters. The van der Waals surface area contributed by atoms with E-state index in [1.54, 1.807) is 12.3 Å². The van der Waals surface area contributed by atoms with Crippen LogP contribution in [-0.2, 0) is 17.6 Å². The maximum absolute atomic E-state index is 12.4. The fourth-order valence-electron chi connectivity index (χ4n) is 2.99. The number of amides is 1. The van der Waals surface area contributed by atoms with E-state index in [4.69, 9.17) is 0 Å². The Morgan fingerprint density at radius 3 is 2.41 bits per heavy atom. The molecule has 0 spiro atoms. The van der Waals surface area contributed by atoms with Gasteiger partial charge >= 0.3 is 0 Å². The molecule has 4 nitrogen and oxygen atoms in total. The van der Waals surface area contributed by atoms with Crippen LogP contribution in [0.25, 0.3) is 0 Å². The lowest BCUT2D eigenvalue weighted by molar-refractivity contribution is -0.121. The summed E-state index contributed by atoms with van der Waals surface area (Å²) in [7, 11) is 2.03. The van der Waals surface area contributed by atoms with Crippen molar-refractivity contribution in [1.29, 1.82) is 0 Å². The number of likely N-dealkylation sites (N-methyl/N-ethyl adjacent to an activating group) is 1. The Morgan fingerprint density at radius 1 is 1.18 bits per heavy atom. The normalized spacial score (nSPS) is 15.6. The van der Waals surface area contributed by atoms with Crippen LogP contribution in [0.4, 0.5) is 5.82 Å². The molecule has 0 saturated carbocycles. The molecule has 0 bridgehead atoms. The molecule has 1 N–H and O–H groups in total. The van der Waals surface area contributed by atoms with E-state index < -0.39 is 0 Å². The molecule has 3 rings (SSSR count). The molecule has 0 saturated heterocycles. The number of nitrogens with one attached hydrogen (secondary N) is 1. The van der Waals surface area contributed by atoms with Crippen molar-refractivity contribution in [2.45, 2.75) is 31.8 Å². The van der Waals surface area contributed by atoms with Crippen LogP contribution in [0.3, 0.4) is 0 Å². The average Bonchev–Trinajstić information content (AvgIpc) is 2.98. The van der Waals surface area contributed by atoms with Crippen molar-refractivity contribution in [3.63, 3.8) is 0 Å². The molecular formula is C18H21N3O. The highest BCUT2D eigenvalue weighted by atomic mass is 16.2. The molecule has 0 fully saturated rings. The molecule has 2 aromatic rings. The second-order valence-electron chi connectivity index (χ2n) is 5.88.